The SMILES string of the molecule is CC(C)(C)OC(=O)N1[C@H](/C=C\CCC2CCCCc3noc(=O)n32)COC1(C)C. The van der Waals surface area contributed by atoms with Crippen molar-refractivity contribution in [2.24, 2.45) is 0 Å². The van der Waals surface area contributed by atoms with Gasteiger partial charge in [0, 0.05) is 12.5 Å². The van der Waals surface area contributed by atoms with Crippen molar-refractivity contribution in [1.29, 1.82) is 0 Å². The second-order valence-electron chi connectivity index (χ2n) is 9.32. The fourth-order valence-corrected chi connectivity index (χ4v) is 4.06. The van der Waals surface area contributed by atoms with Gasteiger partial charge in [-0.25, -0.2) is 9.59 Å². The summed E-state index contributed by atoms with van der Waals surface area (Å²) in [7, 11) is 0. The van der Waals surface area contributed by atoms with Crippen molar-refractivity contribution < 1.29 is 18.8 Å². The second-order valence-corrected chi connectivity index (χ2v) is 9.32. The Bertz CT molecular complexity index is 802. The van der Waals surface area contributed by atoms with E-state index in [9.17, 15) is 9.59 Å². The quantitative estimate of drug-likeness (QED) is 0.706. The van der Waals surface area contributed by atoms with E-state index in [1.54, 1.807) is 9.47 Å². The van der Waals surface area contributed by atoms with Crippen LogP contribution in [0.1, 0.15) is 78.6 Å². The molecule has 0 bridgehead atoms. The molecule has 0 aliphatic carbocycles. The number of aromatic nitrogens is 2. The molecule has 1 amide bonds. The molecule has 0 N–H and O–H groups in total. The van der Waals surface area contributed by atoms with Crippen molar-refractivity contribution in [3.63, 3.8) is 0 Å². The Morgan fingerprint density at radius 2 is 2.10 bits per heavy atom. The summed E-state index contributed by atoms with van der Waals surface area (Å²) in [5.41, 5.74) is -1.28. The van der Waals surface area contributed by atoms with Crippen molar-refractivity contribution in [2.45, 2.75) is 96.6 Å². The molecule has 3 heterocycles. The standard InChI is InChI=1S/C21H33N3O5/c1-20(2,3)28-19(26)24-16(14-27-21(24,4)5)12-7-6-10-15-11-8-9-13-17-22-29-18(25)23(15)17/h7,12,15-16H,6,8-11,13-14H2,1-5H3/b12-7-/t15?,16-/m1/s1. The number of nitrogens with zero attached hydrogens (tertiary/aromatic N) is 3. The number of amides is 1. The minimum absolute atomic E-state index is 0.106. The summed E-state index contributed by atoms with van der Waals surface area (Å²) in [6.07, 6.45) is 9.16. The van der Waals surface area contributed by atoms with Crippen LogP contribution < -0.4 is 5.76 Å². The van der Waals surface area contributed by atoms with Crippen LogP contribution in [0.5, 0.6) is 0 Å². The maximum absolute atomic E-state index is 12.7. The molecule has 2 aliphatic heterocycles. The molecular formula is C21H33N3O5. The van der Waals surface area contributed by atoms with E-state index < -0.39 is 11.3 Å². The van der Waals surface area contributed by atoms with Crippen LogP contribution in [0.15, 0.2) is 21.5 Å². The molecule has 8 heteroatoms. The maximum Gasteiger partial charge on any atom is 0.441 e. The van der Waals surface area contributed by atoms with E-state index in [0.29, 0.717) is 6.61 Å². The molecule has 2 aliphatic rings. The summed E-state index contributed by atoms with van der Waals surface area (Å²) >= 11 is 0. The summed E-state index contributed by atoms with van der Waals surface area (Å²) < 4.78 is 18.0. The van der Waals surface area contributed by atoms with E-state index in [1.165, 1.54) is 0 Å². The highest BCUT2D eigenvalue weighted by Crippen LogP contribution is 2.30. The average molecular weight is 408 g/mol. The van der Waals surface area contributed by atoms with Gasteiger partial charge in [-0.15, -0.1) is 0 Å². The van der Waals surface area contributed by atoms with Crippen LogP contribution in [0.4, 0.5) is 4.79 Å². The van der Waals surface area contributed by atoms with Crippen LogP contribution in [0, 0.1) is 0 Å². The van der Waals surface area contributed by atoms with Crippen LogP contribution >= 0.6 is 0 Å². The van der Waals surface area contributed by atoms with Crippen LogP contribution in [0.2, 0.25) is 0 Å². The Morgan fingerprint density at radius 1 is 1.34 bits per heavy atom. The van der Waals surface area contributed by atoms with Gasteiger partial charge in [0.25, 0.3) is 0 Å². The minimum Gasteiger partial charge on any atom is -0.444 e. The van der Waals surface area contributed by atoms with E-state index in [4.69, 9.17) is 14.0 Å². The third kappa shape index (κ3) is 5.10. The highest BCUT2D eigenvalue weighted by atomic mass is 16.6. The van der Waals surface area contributed by atoms with Crippen LogP contribution in [-0.2, 0) is 15.9 Å². The van der Waals surface area contributed by atoms with Gasteiger partial charge in [0.15, 0.2) is 5.82 Å². The number of carbonyl (C=O) groups is 1. The first-order valence-corrected chi connectivity index (χ1v) is 10.5. The zero-order valence-electron chi connectivity index (χ0n) is 18.1. The van der Waals surface area contributed by atoms with Crippen molar-refractivity contribution in [1.82, 2.24) is 14.6 Å². The Balaban J connectivity index is 1.63. The van der Waals surface area contributed by atoms with Gasteiger partial charge in [-0.1, -0.05) is 23.7 Å². The monoisotopic (exact) mass is 407 g/mol. The van der Waals surface area contributed by atoms with Crippen molar-refractivity contribution >= 4 is 6.09 Å². The van der Waals surface area contributed by atoms with Crippen LogP contribution in [0.3, 0.4) is 0 Å². The number of ether oxygens (including phenoxy) is 2. The average Bonchev–Trinajstić information content (AvgIpc) is 3.03. The molecule has 3 rings (SSSR count). The Hall–Kier alpha value is -2.09. The summed E-state index contributed by atoms with van der Waals surface area (Å²) in [6.45, 7) is 9.74. The lowest BCUT2D eigenvalue weighted by Gasteiger charge is -2.34. The minimum atomic E-state index is -0.719. The van der Waals surface area contributed by atoms with E-state index in [0.717, 1.165) is 44.3 Å². The van der Waals surface area contributed by atoms with Crippen molar-refractivity contribution in [2.75, 3.05) is 6.61 Å². The molecule has 1 saturated heterocycles. The van der Waals surface area contributed by atoms with Crippen molar-refractivity contribution in [3.05, 3.63) is 28.5 Å². The predicted molar refractivity (Wildman–Crippen MR) is 108 cm³/mol. The van der Waals surface area contributed by atoms with Gasteiger partial charge in [-0.05, 0) is 60.3 Å². The first-order valence-electron chi connectivity index (χ1n) is 10.5. The highest BCUT2D eigenvalue weighted by Gasteiger charge is 2.44. The fraction of sp³-hybridized carbons (Fsp3) is 0.762. The zero-order chi connectivity index (χ0) is 21.2. The molecule has 1 unspecified atom stereocenters. The van der Waals surface area contributed by atoms with Gasteiger partial charge in [0.05, 0.1) is 12.6 Å². The largest absolute Gasteiger partial charge is 0.444 e. The molecule has 0 spiro atoms. The van der Waals surface area contributed by atoms with Gasteiger partial charge in [0.1, 0.15) is 11.3 Å². The van der Waals surface area contributed by atoms with E-state index >= 15 is 0 Å². The number of fused-ring (bicyclic) bond motifs is 1. The lowest BCUT2D eigenvalue weighted by Crippen LogP contribution is -2.49. The van der Waals surface area contributed by atoms with Gasteiger partial charge in [-0.3, -0.25) is 14.0 Å². The molecule has 29 heavy (non-hydrogen) atoms. The van der Waals surface area contributed by atoms with Crippen LogP contribution in [0.25, 0.3) is 0 Å². The molecule has 1 aromatic rings. The molecule has 0 radical (unpaired) electrons. The molecule has 0 aromatic carbocycles. The normalized spacial score (nSPS) is 24.5. The summed E-state index contributed by atoms with van der Waals surface area (Å²) in [5.74, 6) is 0.390. The molecule has 0 saturated carbocycles. The summed E-state index contributed by atoms with van der Waals surface area (Å²) in [4.78, 5) is 26.4. The van der Waals surface area contributed by atoms with Gasteiger partial charge in [0.2, 0.25) is 0 Å². The molecule has 1 fully saturated rings. The predicted octanol–water partition coefficient (Wildman–Crippen LogP) is 3.81. The summed E-state index contributed by atoms with van der Waals surface area (Å²) in [5, 5.41) is 3.92. The third-order valence-corrected chi connectivity index (χ3v) is 5.39. The van der Waals surface area contributed by atoms with Crippen molar-refractivity contribution in [3.8, 4) is 0 Å². The summed E-state index contributed by atoms with van der Waals surface area (Å²) in [6, 6.07) is -0.0722. The smallest absolute Gasteiger partial charge is 0.441 e. The molecule has 1 aromatic heterocycles. The maximum atomic E-state index is 12.7. The number of carbonyl (C=O) groups excluding carboxylic acids is 1. The Kier molecular flexibility index (Phi) is 6.22. The topological polar surface area (TPSA) is 86.8 Å². The molecule has 2 atom stereocenters. The second kappa shape index (κ2) is 8.34. The van der Waals surface area contributed by atoms with Gasteiger partial charge in [-0.2, -0.15) is 0 Å². The highest BCUT2D eigenvalue weighted by molar-refractivity contribution is 5.70. The number of hydrogen-bond donors (Lipinski definition) is 0. The first-order chi connectivity index (χ1) is 13.6. The van der Waals surface area contributed by atoms with Gasteiger partial charge >= 0.3 is 11.8 Å². The molecule has 8 nitrogen and oxygen atoms in total. The lowest BCUT2D eigenvalue weighted by molar-refractivity contribution is -0.0610. The third-order valence-electron chi connectivity index (χ3n) is 5.39. The fourth-order valence-electron chi connectivity index (χ4n) is 4.06. The molecular weight excluding hydrogens is 374 g/mol. The number of allylic oxidation sites excluding steroid dienone is 1. The first kappa shape index (κ1) is 21.6. The number of aryl methyl sites for hydroxylation is 1. The van der Waals surface area contributed by atoms with E-state index in [-0.39, 0.29) is 23.9 Å². The lowest BCUT2D eigenvalue weighted by atomic mass is 10.0. The van der Waals surface area contributed by atoms with Crippen LogP contribution in [-0.4, -0.2) is 44.7 Å². The van der Waals surface area contributed by atoms with E-state index in [1.807, 2.05) is 40.7 Å². The van der Waals surface area contributed by atoms with Gasteiger partial charge < -0.3 is 9.47 Å². The Morgan fingerprint density at radius 3 is 2.83 bits per heavy atom. The Labute approximate surface area is 171 Å². The number of hydrogen-bond acceptors (Lipinski definition) is 6. The number of rotatable bonds is 4. The molecule has 162 valence electrons. The zero-order valence-corrected chi connectivity index (χ0v) is 18.1. The van der Waals surface area contributed by atoms with E-state index in [2.05, 4.69) is 11.2 Å².